The summed E-state index contributed by atoms with van der Waals surface area (Å²) in [4.78, 5) is 24.9. The standard InChI is InChI=1S/C21H24N2O4S/c1-15-3-2-4-16(13-15)23-21(25)7-9-22-20(24)8-12-28-17-5-6-18-19(14-17)27-11-10-26-18/h2-6,13-14H,7-12H2,1H3,(H,22,24)(H,23,25). The van der Waals surface area contributed by atoms with E-state index in [0.29, 0.717) is 31.9 Å². The summed E-state index contributed by atoms with van der Waals surface area (Å²) in [6.07, 6.45) is 0.633. The van der Waals surface area contributed by atoms with Crippen LogP contribution in [0.4, 0.5) is 5.69 Å². The Morgan fingerprint density at radius 1 is 1.00 bits per heavy atom. The molecule has 0 atom stereocenters. The van der Waals surface area contributed by atoms with Crippen molar-refractivity contribution in [3.8, 4) is 11.5 Å². The molecule has 1 aliphatic heterocycles. The van der Waals surface area contributed by atoms with Crippen molar-refractivity contribution >= 4 is 29.3 Å². The highest BCUT2D eigenvalue weighted by atomic mass is 32.2. The van der Waals surface area contributed by atoms with Gasteiger partial charge in [0.15, 0.2) is 11.5 Å². The van der Waals surface area contributed by atoms with Crippen molar-refractivity contribution < 1.29 is 19.1 Å². The first kappa shape index (κ1) is 20.1. The lowest BCUT2D eigenvalue weighted by Gasteiger charge is -2.18. The van der Waals surface area contributed by atoms with Crippen molar-refractivity contribution in [2.45, 2.75) is 24.7 Å². The molecule has 0 fully saturated rings. The van der Waals surface area contributed by atoms with E-state index < -0.39 is 0 Å². The second-order valence-electron chi connectivity index (χ2n) is 6.42. The Hall–Kier alpha value is -2.67. The van der Waals surface area contributed by atoms with Crippen LogP contribution in [-0.4, -0.2) is 37.3 Å². The van der Waals surface area contributed by atoms with Gasteiger partial charge in [0.1, 0.15) is 13.2 Å². The molecule has 1 heterocycles. The molecule has 2 N–H and O–H groups in total. The number of ether oxygens (including phenoxy) is 2. The fourth-order valence-electron chi connectivity index (χ4n) is 2.73. The Morgan fingerprint density at radius 3 is 2.64 bits per heavy atom. The third-order valence-corrected chi connectivity index (χ3v) is 5.08. The summed E-state index contributed by atoms with van der Waals surface area (Å²) < 4.78 is 11.1. The molecule has 0 unspecified atom stereocenters. The van der Waals surface area contributed by atoms with Gasteiger partial charge in [-0.2, -0.15) is 0 Å². The van der Waals surface area contributed by atoms with E-state index in [9.17, 15) is 9.59 Å². The molecule has 0 aliphatic carbocycles. The summed E-state index contributed by atoms with van der Waals surface area (Å²) in [5, 5.41) is 5.62. The summed E-state index contributed by atoms with van der Waals surface area (Å²) in [7, 11) is 0. The monoisotopic (exact) mass is 400 g/mol. The van der Waals surface area contributed by atoms with Crippen LogP contribution in [0.3, 0.4) is 0 Å². The molecule has 2 aromatic carbocycles. The molecule has 0 saturated heterocycles. The molecule has 1 aliphatic rings. The van der Waals surface area contributed by atoms with Crippen molar-refractivity contribution in [2.75, 3.05) is 30.8 Å². The van der Waals surface area contributed by atoms with Crippen LogP contribution < -0.4 is 20.1 Å². The number of hydrogen-bond acceptors (Lipinski definition) is 5. The van der Waals surface area contributed by atoms with Gasteiger partial charge in [0.2, 0.25) is 11.8 Å². The lowest BCUT2D eigenvalue weighted by Crippen LogP contribution is -2.27. The van der Waals surface area contributed by atoms with Gasteiger partial charge in [-0.15, -0.1) is 11.8 Å². The molecule has 3 rings (SSSR count). The molecule has 0 bridgehead atoms. The quantitative estimate of drug-likeness (QED) is 0.664. The van der Waals surface area contributed by atoms with Crippen LogP contribution in [0, 0.1) is 6.92 Å². The van der Waals surface area contributed by atoms with Crippen LogP contribution in [0.1, 0.15) is 18.4 Å². The van der Waals surface area contributed by atoms with E-state index in [1.165, 1.54) is 0 Å². The lowest BCUT2D eigenvalue weighted by atomic mass is 10.2. The Morgan fingerprint density at radius 2 is 1.82 bits per heavy atom. The fourth-order valence-corrected chi connectivity index (χ4v) is 3.60. The predicted molar refractivity (Wildman–Crippen MR) is 110 cm³/mol. The fraction of sp³-hybridized carbons (Fsp3) is 0.333. The zero-order chi connectivity index (χ0) is 19.8. The van der Waals surface area contributed by atoms with Gasteiger partial charge in [0.25, 0.3) is 0 Å². The number of rotatable bonds is 8. The molecule has 148 valence electrons. The molecule has 6 nitrogen and oxygen atoms in total. The molecule has 0 saturated carbocycles. The minimum Gasteiger partial charge on any atom is -0.486 e. The van der Waals surface area contributed by atoms with Gasteiger partial charge in [-0.25, -0.2) is 0 Å². The first-order valence-corrected chi connectivity index (χ1v) is 10.2. The van der Waals surface area contributed by atoms with E-state index in [4.69, 9.17) is 9.47 Å². The van der Waals surface area contributed by atoms with Crippen molar-refractivity contribution in [3.05, 3.63) is 48.0 Å². The van der Waals surface area contributed by atoms with E-state index in [0.717, 1.165) is 27.6 Å². The van der Waals surface area contributed by atoms with Crippen LogP contribution in [-0.2, 0) is 9.59 Å². The Kier molecular flexibility index (Phi) is 7.19. The molecule has 0 spiro atoms. The average molecular weight is 401 g/mol. The molecule has 7 heteroatoms. The van der Waals surface area contributed by atoms with Crippen LogP contribution >= 0.6 is 11.8 Å². The minimum atomic E-state index is -0.114. The topological polar surface area (TPSA) is 76.7 Å². The molecule has 2 amide bonds. The van der Waals surface area contributed by atoms with E-state index in [1.807, 2.05) is 49.4 Å². The highest BCUT2D eigenvalue weighted by Crippen LogP contribution is 2.34. The van der Waals surface area contributed by atoms with E-state index in [1.54, 1.807) is 11.8 Å². The third kappa shape index (κ3) is 6.20. The number of benzene rings is 2. The maximum absolute atomic E-state index is 11.9. The second kappa shape index (κ2) is 10.0. The number of anilines is 1. The maximum atomic E-state index is 11.9. The van der Waals surface area contributed by atoms with Crippen molar-refractivity contribution in [3.63, 3.8) is 0 Å². The van der Waals surface area contributed by atoms with Crippen LogP contribution in [0.15, 0.2) is 47.4 Å². The van der Waals surface area contributed by atoms with Crippen LogP contribution in [0.5, 0.6) is 11.5 Å². The second-order valence-corrected chi connectivity index (χ2v) is 7.59. The Bertz CT molecular complexity index is 841. The number of carbonyl (C=O) groups excluding carboxylic acids is 2. The first-order chi connectivity index (χ1) is 13.6. The van der Waals surface area contributed by atoms with Gasteiger partial charge >= 0.3 is 0 Å². The number of fused-ring (bicyclic) bond motifs is 1. The number of carbonyl (C=O) groups is 2. The molecule has 0 radical (unpaired) electrons. The third-order valence-electron chi connectivity index (χ3n) is 4.09. The highest BCUT2D eigenvalue weighted by molar-refractivity contribution is 7.99. The summed E-state index contributed by atoms with van der Waals surface area (Å²) in [6, 6.07) is 13.4. The smallest absolute Gasteiger partial charge is 0.226 e. The number of amides is 2. The minimum absolute atomic E-state index is 0.0617. The summed E-state index contributed by atoms with van der Waals surface area (Å²) in [5.41, 5.74) is 1.86. The van der Waals surface area contributed by atoms with Crippen molar-refractivity contribution in [1.82, 2.24) is 5.32 Å². The number of hydrogen-bond donors (Lipinski definition) is 2. The number of nitrogens with one attached hydrogen (secondary N) is 2. The highest BCUT2D eigenvalue weighted by Gasteiger charge is 2.12. The van der Waals surface area contributed by atoms with Crippen LogP contribution in [0.25, 0.3) is 0 Å². The zero-order valence-electron chi connectivity index (χ0n) is 15.8. The van der Waals surface area contributed by atoms with Crippen molar-refractivity contribution in [2.24, 2.45) is 0 Å². The predicted octanol–water partition coefficient (Wildman–Crippen LogP) is 3.39. The van der Waals surface area contributed by atoms with Gasteiger partial charge in [0, 0.05) is 35.7 Å². The Labute approximate surface area is 169 Å². The van der Waals surface area contributed by atoms with Crippen LogP contribution in [0.2, 0.25) is 0 Å². The molecular formula is C21H24N2O4S. The lowest BCUT2D eigenvalue weighted by molar-refractivity contribution is -0.120. The van der Waals surface area contributed by atoms with Gasteiger partial charge in [-0.1, -0.05) is 12.1 Å². The normalized spacial score (nSPS) is 12.3. The molecular weight excluding hydrogens is 376 g/mol. The average Bonchev–Trinajstić information content (AvgIpc) is 2.68. The SMILES string of the molecule is Cc1cccc(NC(=O)CCNC(=O)CCSc2ccc3c(c2)OCCO3)c1. The Balaban J connectivity index is 1.32. The maximum Gasteiger partial charge on any atom is 0.226 e. The van der Waals surface area contributed by atoms with Gasteiger partial charge in [0.05, 0.1) is 0 Å². The van der Waals surface area contributed by atoms with Gasteiger partial charge < -0.3 is 20.1 Å². The van der Waals surface area contributed by atoms with Crippen molar-refractivity contribution in [1.29, 1.82) is 0 Å². The summed E-state index contributed by atoms with van der Waals surface area (Å²) >= 11 is 1.59. The van der Waals surface area contributed by atoms with E-state index in [-0.39, 0.29) is 18.2 Å². The van der Waals surface area contributed by atoms with Gasteiger partial charge in [-0.05, 0) is 42.8 Å². The first-order valence-electron chi connectivity index (χ1n) is 9.26. The number of aryl methyl sites for hydroxylation is 1. The zero-order valence-corrected chi connectivity index (χ0v) is 16.6. The molecule has 2 aromatic rings. The molecule has 0 aromatic heterocycles. The summed E-state index contributed by atoms with van der Waals surface area (Å²) in [6.45, 7) is 3.42. The molecule has 28 heavy (non-hydrogen) atoms. The summed E-state index contributed by atoms with van der Waals surface area (Å²) in [5.74, 6) is 1.99. The van der Waals surface area contributed by atoms with Gasteiger partial charge in [-0.3, -0.25) is 9.59 Å². The van der Waals surface area contributed by atoms with E-state index >= 15 is 0 Å². The van der Waals surface area contributed by atoms with E-state index in [2.05, 4.69) is 10.6 Å². The number of thioether (sulfide) groups is 1. The largest absolute Gasteiger partial charge is 0.486 e.